The van der Waals surface area contributed by atoms with Crippen LogP contribution in [0.3, 0.4) is 0 Å². The van der Waals surface area contributed by atoms with E-state index in [-0.39, 0.29) is 43.0 Å². The molecule has 0 spiro atoms. The summed E-state index contributed by atoms with van der Waals surface area (Å²) in [5.74, 6) is -1.28. The predicted octanol–water partition coefficient (Wildman–Crippen LogP) is 4.63. The fourth-order valence-corrected chi connectivity index (χ4v) is 7.74. The summed E-state index contributed by atoms with van der Waals surface area (Å²) in [6.07, 6.45) is 4.20. The third-order valence-electron chi connectivity index (χ3n) is 8.31. The molecule has 0 radical (unpaired) electrons. The summed E-state index contributed by atoms with van der Waals surface area (Å²) in [5, 5.41) is 33.2. The van der Waals surface area contributed by atoms with E-state index in [9.17, 15) is 24.8 Å². The number of thiophene rings is 1. The number of nitrogens with zero attached hydrogens (tertiary/aromatic N) is 1. The lowest BCUT2D eigenvalue weighted by atomic mass is 9.58. The normalized spacial score (nSPS) is 25.0. The summed E-state index contributed by atoms with van der Waals surface area (Å²) in [7, 11) is 0.468. The van der Waals surface area contributed by atoms with E-state index < -0.39 is 25.1 Å². The topological polar surface area (TPSA) is 117 Å². The Morgan fingerprint density at radius 2 is 2.10 bits per heavy atom. The van der Waals surface area contributed by atoms with Crippen LogP contribution in [-0.4, -0.2) is 58.9 Å². The lowest BCUT2D eigenvalue weighted by Crippen LogP contribution is -2.46. The zero-order valence-electron chi connectivity index (χ0n) is 22.5. The van der Waals surface area contributed by atoms with Gasteiger partial charge in [0.05, 0.1) is 41.8 Å². The number of methoxy groups -OCH3 is 1. The van der Waals surface area contributed by atoms with E-state index >= 15 is 0 Å². The van der Waals surface area contributed by atoms with Crippen LogP contribution in [0.1, 0.15) is 43.0 Å². The van der Waals surface area contributed by atoms with E-state index in [4.69, 9.17) is 9.39 Å². The highest BCUT2D eigenvalue weighted by atomic mass is 127. The summed E-state index contributed by atoms with van der Waals surface area (Å²) < 4.78 is 12.0. The van der Waals surface area contributed by atoms with E-state index in [1.807, 2.05) is 23.6 Å². The summed E-state index contributed by atoms with van der Waals surface area (Å²) in [4.78, 5) is 29.3. The highest BCUT2D eigenvalue weighted by molar-refractivity contribution is 14.1. The number of rotatable bonds is 9. The molecule has 40 heavy (non-hydrogen) atoms. The molecule has 3 heterocycles. The van der Waals surface area contributed by atoms with Crippen LogP contribution in [0.4, 0.5) is 0 Å². The molecule has 2 fully saturated rings. The molecule has 8 nitrogen and oxygen atoms in total. The van der Waals surface area contributed by atoms with Gasteiger partial charge in [0.1, 0.15) is 0 Å². The Bertz CT molecular complexity index is 1340. The number of carbonyl (C=O) groups excluding carboxylic acids is 2. The Balaban J connectivity index is 1.39. The number of imide groups is 1. The first-order valence-electron chi connectivity index (χ1n) is 13.5. The van der Waals surface area contributed by atoms with Crippen molar-refractivity contribution in [1.82, 2.24) is 4.90 Å². The standard InChI is InChI=1S/C29H33BINO7S/c1-3-16(9-17-10-22(31)27(34)24(11-17)38-2)6-7-23-25-18(15-33)12-20-26(21(25)13-30(37)39-23)29(36)32(28(20)35)14-19-5-4-8-40-19/h4-5,8-11,20-21,23,26,33-34,37H,3,6-7,12-15H2,1-2H3/b16-9+/t20-,21+,23-,26-/m1/s1. The number of aliphatic hydroxyl groups excluding tert-OH is 1. The second-order valence-electron chi connectivity index (χ2n) is 10.6. The second kappa shape index (κ2) is 12.4. The van der Waals surface area contributed by atoms with Crippen LogP contribution in [0.5, 0.6) is 11.5 Å². The Morgan fingerprint density at radius 3 is 2.77 bits per heavy atom. The molecular weight excluding hydrogens is 644 g/mol. The maximum atomic E-state index is 13.6. The van der Waals surface area contributed by atoms with E-state index in [1.54, 1.807) is 6.07 Å². The number of aromatic hydroxyl groups is 1. The minimum atomic E-state index is -1.05. The van der Waals surface area contributed by atoms with Crippen molar-refractivity contribution in [2.75, 3.05) is 13.7 Å². The number of hydrogen-bond donors (Lipinski definition) is 3. The van der Waals surface area contributed by atoms with Crippen molar-refractivity contribution in [3.63, 3.8) is 0 Å². The van der Waals surface area contributed by atoms with Gasteiger partial charge in [-0.25, -0.2) is 0 Å². The number of aliphatic hydroxyl groups is 1. The number of benzene rings is 1. The molecule has 11 heteroatoms. The number of allylic oxidation sites excluding steroid dienone is 1. The molecule has 212 valence electrons. The third-order valence-corrected chi connectivity index (χ3v) is 9.99. The highest BCUT2D eigenvalue weighted by Crippen LogP contribution is 2.50. The molecule has 3 N–H and O–H groups in total. The summed E-state index contributed by atoms with van der Waals surface area (Å²) >= 11 is 3.58. The number of carbonyl (C=O) groups is 2. The van der Waals surface area contributed by atoms with Crippen LogP contribution < -0.4 is 4.74 Å². The molecule has 2 amide bonds. The highest BCUT2D eigenvalue weighted by Gasteiger charge is 2.57. The summed E-state index contributed by atoms with van der Waals surface area (Å²) in [5.41, 5.74) is 3.69. The second-order valence-corrected chi connectivity index (χ2v) is 12.8. The number of phenolic OH excluding ortho intramolecular Hbond substituents is 1. The minimum Gasteiger partial charge on any atom is -0.504 e. The minimum absolute atomic E-state index is 0.113. The SMILES string of the molecule is CC/C(=C\c1cc(I)c(O)c(OC)c1)CC[C@H]1OB(O)C[C@H]2C1=C(CO)C[C@H]1C(=O)N(Cc3cccs3)C(=O)[C@H]12. The largest absolute Gasteiger partial charge is 0.504 e. The molecule has 2 saturated heterocycles. The van der Waals surface area contributed by atoms with Gasteiger partial charge in [0, 0.05) is 4.88 Å². The van der Waals surface area contributed by atoms with Crippen molar-refractivity contribution < 1.29 is 34.2 Å². The van der Waals surface area contributed by atoms with Crippen molar-refractivity contribution >= 4 is 58.9 Å². The molecule has 2 aliphatic heterocycles. The number of hydrogen-bond acceptors (Lipinski definition) is 8. The Kier molecular flexibility index (Phi) is 9.06. The quantitative estimate of drug-likeness (QED) is 0.154. The average Bonchev–Trinajstić information content (AvgIpc) is 3.54. The van der Waals surface area contributed by atoms with Gasteiger partial charge in [-0.1, -0.05) is 24.6 Å². The van der Waals surface area contributed by atoms with Crippen LogP contribution in [0.2, 0.25) is 6.32 Å². The van der Waals surface area contributed by atoms with Crippen molar-refractivity contribution in [2.24, 2.45) is 17.8 Å². The first-order chi connectivity index (χ1) is 19.2. The fourth-order valence-electron chi connectivity index (χ4n) is 6.43. The van der Waals surface area contributed by atoms with E-state index in [1.165, 1.54) is 23.3 Å². The number of amides is 2. The van der Waals surface area contributed by atoms with Gasteiger partial charge in [-0.2, -0.15) is 0 Å². The Hall–Kier alpha value is -2.19. The third kappa shape index (κ3) is 5.63. The van der Waals surface area contributed by atoms with Gasteiger partial charge >= 0.3 is 7.12 Å². The number of ether oxygens (including phenoxy) is 1. The number of fused-ring (bicyclic) bond motifs is 3. The molecule has 1 aromatic heterocycles. The fraction of sp³-hybridized carbons (Fsp3) is 0.448. The average molecular weight is 677 g/mol. The van der Waals surface area contributed by atoms with Gasteiger partial charge in [-0.3, -0.25) is 14.5 Å². The van der Waals surface area contributed by atoms with Crippen LogP contribution in [0, 0.1) is 21.3 Å². The van der Waals surface area contributed by atoms with Crippen LogP contribution in [0.25, 0.3) is 6.08 Å². The van der Waals surface area contributed by atoms with Gasteiger partial charge in [0.2, 0.25) is 11.8 Å². The van der Waals surface area contributed by atoms with Crippen LogP contribution >= 0.6 is 33.9 Å². The molecule has 2 aromatic rings. The first-order valence-corrected chi connectivity index (χ1v) is 15.5. The molecule has 3 aliphatic rings. The molecule has 0 saturated carbocycles. The lowest BCUT2D eigenvalue weighted by Gasteiger charge is -2.43. The van der Waals surface area contributed by atoms with Gasteiger partial charge < -0.3 is 24.6 Å². The number of phenols is 1. The van der Waals surface area contributed by atoms with Gasteiger partial charge in [0.25, 0.3) is 0 Å². The molecule has 1 aliphatic carbocycles. The smallest absolute Gasteiger partial charge is 0.455 e. The maximum absolute atomic E-state index is 13.6. The monoisotopic (exact) mass is 677 g/mol. The van der Waals surface area contributed by atoms with Crippen molar-refractivity contribution in [3.05, 3.63) is 60.4 Å². The number of halogens is 1. The zero-order chi connectivity index (χ0) is 28.6. The maximum Gasteiger partial charge on any atom is 0.455 e. The summed E-state index contributed by atoms with van der Waals surface area (Å²) in [6, 6.07) is 7.50. The molecule has 0 unspecified atom stereocenters. The van der Waals surface area contributed by atoms with Gasteiger partial charge in [-0.05, 0) is 101 Å². The Morgan fingerprint density at radius 1 is 1.30 bits per heavy atom. The zero-order valence-corrected chi connectivity index (χ0v) is 25.5. The Labute approximate surface area is 252 Å². The molecule has 4 atom stereocenters. The van der Waals surface area contributed by atoms with Crippen molar-refractivity contribution in [1.29, 1.82) is 0 Å². The molecular formula is C29H33BINO7S. The summed E-state index contributed by atoms with van der Waals surface area (Å²) in [6.45, 7) is 2.12. The van der Waals surface area contributed by atoms with Crippen molar-refractivity contribution in [3.8, 4) is 11.5 Å². The molecule has 0 bridgehead atoms. The number of likely N-dealkylation sites (tertiary alicyclic amines) is 1. The molecule has 5 rings (SSSR count). The molecule has 1 aromatic carbocycles. The van der Waals surface area contributed by atoms with E-state index in [0.717, 1.165) is 33.6 Å². The van der Waals surface area contributed by atoms with Gasteiger partial charge in [0.15, 0.2) is 11.5 Å². The van der Waals surface area contributed by atoms with E-state index in [0.29, 0.717) is 28.6 Å². The van der Waals surface area contributed by atoms with Gasteiger partial charge in [-0.15, -0.1) is 11.3 Å². The predicted molar refractivity (Wildman–Crippen MR) is 162 cm³/mol. The van der Waals surface area contributed by atoms with Crippen molar-refractivity contribution in [2.45, 2.75) is 51.6 Å². The van der Waals surface area contributed by atoms with E-state index in [2.05, 4.69) is 35.6 Å². The lowest BCUT2D eigenvalue weighted by molar-refractivity contribution is -0.140. The first kappa shape index (κ1) is 29.3. The van der Waals surface area contributed by atoms with Crippen LogP contribution in [0.15, 0.2) is 46.4 Å². The van der Waals surface area contributed by atoms with Crippen LogP contribution in [-0.2, 0) is 20.8 Å².